The van der Waals surface area contributed by atoms with E-state index in [0.29, 0.717) is 5.16 Å². The number of aromatic amines is 1. The Morgan fingerprint density at radius 3 is 3.08 bits per heavy atom. The van der Waals surface area contributed by atoms with E-state index in [2.05, 4.69) is 15.2 Å². The molecule has 1 aromatic heterocycles. The van der Waals surface area contributed by atoms with Gasteiger partial charge in [-0.2, -0.15) is 11.8 Å². The molecule has 5 nitrogen and oxygen atoms in total. The van der Waals surface area contributed by atoms with Gasteiger partial charge < -0.3 is 5.11 Å². The van der Waals surface area contributed by atoms with Gasteiger partial charge in [-0.1, -0.05) is 11.8 Å². The fourth-order valence-corrected chi connectivity index (χ4v) is 1.61. The molecule has 0 saturated heterocycles. The highest BCUT2D eigenvalue weighted by Crippen LogP contribution is 2.13. The van der Waals surface area contributed by atoms with Gasteiger partial charge in [0, 0.05) is 0 Å². The number of hydrogen-bond acceptors (Lipinski definition) is 5. The van der Waals surface area contributed by atoms with Crippen molar-refractivity contribution in [2.75, 3.05) is 12.0 Å². The summed E-state index contributed by atoms with van der Waals surface area (Å²) in [5, 5.41) is 15.5. The number of hydrogen-bond donors (Lipinski definition) is 2. The van der Waals surface area contributed by atoms with Crippen molar-refractivity contribution in [2.24, 2.45) is 0 Å². The quantitative estimate of drug-likeness (QED) is 0.715. The lowest BCUT2D eigenvalue weighted by Gasteiger charge is -1.88. The second kappa shape index (κ2) is 5.13. The van der Waals surface area contributed by atoms with E-state index in [9.17, 15) is 4.79 Å². The molecular weight excluding hydrogens is 210 g/mol. The maximum Gasteiger partial charge on any atom is 0.313 e. The molecule has 0 aliphatic heterocycles. The number of H-pyrrole nitrogens is 1. The van der Waals surface area contributed by atoms with Gasteiger partial charge in [0.2, 0.25) is 5.16 Å². The highest BCUT2D eigenvalue weighted by atomic mass is 32.2. The van der Waals surface area contributed by atoms with Crippen LogP contribution in [0.25, 0.3) is 0 Å². The number of carbonyl (C=O) groups is 1. The zero-order valence-corrected chi connectivity index (χ0v) is 8.61. The highest BCUT2D eigenvalue weighted by molar-refractivity contribution is 7.99. The van der Waals surface area contributed by atoms with Crippen LogP contribution in [-0.2, 0) is 10.5 Å². The van der Waals surface area contributed by atoms with E-state index in [1.54, 1.807) is 11.8 Å². The molecule has 1 aromatic rings. The molecule has 0 unspecified atom stereocenters. The molecule has 0 aliphatic carbocycles. The van der Waals surface area contributed by atoms with E-state index in [0.717, 1.165) is 23.3 Å². The van der Waals surface area contributed by atoms with Crippen LogP contribution in [0.5, 0.6) is 0 Å². The van der Waals surface area contributed by atoms with E-state index in [-0.39, 0.29) is 5.75 Å². The van der Waals surface area contributed by atoms with Crippen LogP contribution in [0.15, 0.2) is 5.16 Å². The first-order chi connectivity index (χ1) is 6.22. The number of carboxylic acid groups (broad SMARTS) is 1. The lowest BCUT2D eigenvalue weighted by Crippen LogP contribution is -1.97. The molecule has 0 bridgehead atoms. The zero-order chi connectivity index (χ0) is 9.68. The summed E-state index contributed by atoms with van der Waals surface area (Å²) >= 11 is 2.75. The van der Waals surface area contributed by atoms with E-state index in [4.69, 9.17) is 5.11 Å². The van der Waals surface area contributed by atoms with E-state index < -0.39 is 5.97 Å². The van der Waals surface area contributed by atoms with Crippen molar-refractivity contribution in [1.82, 2.24) is 15.2 Å². The summed E-state index contributed by atoms with van der Waals surface area (Å²) in [7, 11) is 0. The number of rotatable bonds is 5. The molecule has 0 aliphatic rings. The molecule has 0 spiro atoms. The fraction of sp³-hybridized carbons (Fsp3) is 0.500. The van der Waals surface area contributed by atoms with Crippen molar-refractivity contribution < 1.29 is 9.90 Å². The van der Waals surface area contributed by atoms with Crippen molar-refractivity contribution in [1.29, 1.82) is 0 Å². The van der Waals surface area contributed by atoms with Crippen LogP contribution in [-0.4, -0.2) is 38.3 Å². The minimum atomic E-state index is -0.860. The number of nitrogens with zero attached hydrogens (tertiary/aromatic N) is 2. The van der Waals surface area contributed by atoms with Crippen molar-refractivity contribution in [2.45, 2.75) is 10.9 Å². The smallest absolute Gasteiger partial charge is 0.313 e. The van der Waals surface area contributed by atoms with Crippen molar-refractivity contribution in [3.05, 3.63) is 5.82 Å². The molecule has 0 atom stereocenters. The van der Waals surface area contributed by atoms with Crippen LogP contribution >= 0.6 is 23.5 Å². The summed E-state index contributed by atoms with van der Waals surface area (Å²) in [5.41, 5.74) is 0. The van der Waals surface area contributed by atoms with Gasteiger partial charge >= 0.3 is 5.97 Å². The second-order valence-corrected chi connectivity index (χ2v) is 3.99. The minimum absolute atomic E-state index is 0.00341. The largest absolute Gasteiger partial charge is 0.481 e. The Hall–Kier alpha value is -0.690. The van der Waals surface area contributed by atoms with Crippen LogP contribution < -0.4 is 0 Å². The van der Waals surface area contributed by atoms with Gasteiger partial charge in [0.15, 0.2) is 0 Å². The summed E-state index contributed by atoms with van der Waals surface area (Å²) in [6, 6.07) is 0. The van der Waals surface area contributed by atoms with E-state index >= 15 is 0 Å². The van der Waals surface area contributed by atoms with Crippen LogP contribution in [0.1, 0.15) is 5.82 Å². The third-order valence-corrected chi connectivity index (χ3v) is 2.51. The standard InChI is InChI=1S/C6H9N3O2S2/c1-12-2-4-7-6(9-8-4)13-3-5(10)11/h2-3H2,1H3,(H,10,11)(H,7,8,9). The SMILES string of the molecule is CSCc1nc(SCC(=O)O)n[nH]1. The third kappa shape index (κ3) is 3.69. The van der Waals surface area contributed by atoms with Crippen molar-refractivity contribution in [3.8, 4) is 0 Å². The Kier molecular flexibility index (Phi) is 4.10. The lowest BCUT2D eigenvalue weighted by molar-refractivity contribution is -0.133. The Morgan fingerprint density at radius 2 is 2.46 bits per heavy atom. The Morgan fingerprint density at radius 1 is 1.69 bits per heavy atom. The van der Waals surface area contributed by atoms with Gasteiger partial charge in [-0.3, -0.25) is 9.89 Å². The summed E-state index contributed by atoms with van der Waals surface area (Å²) < 4.78 is 0. The molecule has 1 rings (SSSR count). The number of aromatic nitrogens is 3. The van der Waals surface area contributed by atoms with Crippen molar-refractivity contribution >= 4 is 29.5 Å². The Balaban J connectivity index is 2.44. The molecule has 1 heterocycles. The van der Waals surface area contributed by atoms with Gasteiger partial charge in [0.1, 0.15) is 5.82 Å². The fourth-order valence-electron chi connectivity index (χ4n) is 0.670. The summed E-state index contributed by atoms with van der Waals surface area (Å²) in [6.45, 7) is 0. The molecule has 0 aromatic carbocycles. The number of thioether (sulfide) groups is 2. The van der Waals surface area contributed by atoms with E-state index in [1.165, 1.54) is 0 Å². The normalized spacial score (nSPS) is 10.2. The Bertz CT molecular complexity index is 289. The van der Waals surface area contributed by atoms with Gasteiger partial charge in [-0.05, 0) is 6.26 Å². The average molecular weight is 219 g/mol. The van der Waals surface area contributed by atoms with Crippen LogP contribution in [0.3, 0.4) is 0 Å². The van der Waals surface area contributed by atoms with Gasteiger partial charge in [-0.25, -0.2) is 4.98 Å². The van der Waals surface area contributed by atoms with Crippen molar-refractivity contribution in [3.63, 3.8) is 0 Å². The number of carboxylic acids is 1. The van der Waals surface area contributed by atoms with Crippen LogP contribution in [0, 0.1) is 0 Å². The predicted octanol–water partition coefficient (Wildman–Crippen LogP) is 0.844. The van der Waals surface area contributed by atoms with Crippen LogP contribution in [0.4, 0.5) is 0 Å². The Labute approximate surface area is 83.7 Å². The molecule has 2 N–H and O–H groups in total. The first-order valence-electron chi connectivity index (χ1n) is 3.47. The monoisotopic (exact) mass is 219 g/mol. The molecule has 13 heavy (non-hydrogen) atoms. The first kappa shape index (κ1) is 10.4. The topological polar surface area (TPSA) is 78.9 Å². The molecular formula is C6H9N3O2S2. The number of nitrogens with one attached hydrogen (secondary N) is 1. The molecule has 0 amide bonds. The predicted molar refractivity (Wildman–Crippen MR) is 52.0 cm³/mol. The average Bonchev–Trinajstić information content (AvgIpc) is 2.50. The lowest BCUT2D eigenvalue weighted by atomic mass is 10.7. The second-order valence-electron chi connectivity index (χ2n) is 2.18. The molecule has 72 valence electrons. The summed E-state index contributed by atoms with van der Waals surface area (Å²) in [4.78, 5) is 14.3. The zero-order valence-electron chi connectivity index (χ0n) is 6.98. The highest BCUT2D eigenvalue weighted by Gasteiger charge is 2.05. The molecule has 0 saturated carbocycles. The summed E-state index contributed by atoms with van der Waals surface area (Å²) in [5.74, 6) is 0.679. The maximum absolute atomic E-state index is 10.2. The van der Waals surface area contributed by atoms with Gasteiger partial charge in [0.05, 0.1) is 11.5 Å². The van der Waals surface area contributed by atoms with Gasteiger partial charge in [-0.15, -0.1) is 5.10 Å². The molecule has 7 heteroatoms. The first-order valence-corrected chi connectivity index (χ1v) is 5.85. The third-order valence-electron chi connectivity index (χ3n) is 1.12. The van der Waals surface area contributed by atoms with E-state index in [1.807, 2.05) is 6.26 Å². The molecule has 0 radical (unpaired) electrons. The minimum Gasteiger partial charge on any atom is -0.481 e. The molecule has 0 fully saturated rings. The van der Waals surface area contributed by atoms with Gasteiger partial charge in [0.25, 0.3) is 0 Å². The maximum atomic E-state index is 10.2. The van der Waals surface area contributed by atoms with Crippen LogP contribution in [0.2, 0.25) is 0 Å². The number of aliphatic carboxylic acids is 1. The summed E-state index contributed by atoms with van der Waals surface area (Å²) in [6.07, 6.45) is 1.96.